The highest BCUT2D eigenvalue weighted by atomic mass is 16.7. The summed E-state index contributed by atoms with van der Waals surface area (Å²) in [6, 6.07) is 13.8. The van der Waals surface area contributed by atoms with Crippen LogP contribution in [0.5, 0.6) is 11.5 Å². The average Bonchev–Trinajstić information content (AvgIpc) is 3.33. The summed E-state index contributed by atoms with van der Waals surface area (Å²) < 4.78 is 17.0. The molecular weight excluding hydrogens is 362 g/mol. The summed E-state index contributed by atoms with van der Waals surface area (Å²) in [4.78, 5) is 24.2. The maximum absolute atomic E-state index is 12.6. The smallest absolute Gasteiger partial charge is 0.337 e. The topological polar surface area (TPSA) is 91.7 Å². The summed E-state index contributed by atoms with van der Waals surface area (Å²) in [5, 5.41) is 7.04. The van der Waals surface area contributed by atoms with Crippen LogP contribution >= 0.6 is 0 Å². The second-order valence-corrected chi connectivity index (χ2v) is 6.13. The van der Waals surface area contributed by atoms with Crippen molar-refractivity contribution in [1.29, 1.82) is 0 Å². The molecule has 0 saturated heterocycles. The molecule has 3 aromatic rings. The van der Waals surface area contributed by atoms with Crippen molar-refractivity contribution in [3.8, 4) is 22.8 Å². The van der Waals surface area contributed by atoms with Crippen molar-refractivity contribution >= 4 is 17.6 Å². The van der Waals surface area contributed by atoms with Crippen molar-refractivity contribution < 1.29 is 23.8 Å². The lowest BCUT2D eigenvalue weighted by Crippen LogP contribution is -2.13. The van der Waals surface area contributed by atoms with E-state index in [1.54, 1.807) is 42.1 Å². The molecule has 0 atom stereocenters. The van der Waals surface area contributed by atoms with Gasteiger partial charge in [0.1, 0.15) is 0 Å². The Hall–Kier alpha value is -3.81. The molecule has 0 unspecified atom stereocenters. The standard InChI is InChI=1S/C20H17N3O5/c1-23-16(12-6-7-17-18(9-12)28-11-27-17)10-15(22-23)19(24)21-14-5-3-4-13(8-14)20(25)26-2/h3-10H,11H2,1-2H3,(H,21,24). The number of aromatic nitrogens is 2. The number of methoxy groups -OCH3 is 1. The third-order valence-electron chi connectivity index (χ3n) is 4.32. The van der Waals surface area contributed by atoms with Crippen molar-refractivity contribution in [3.05, 3.63) is 59.8 Å². The number of nitrogens with zero attached hydrogens (tertiary/aromatic N) is 2. The minimum atomic E-state index is -0.473. The molecule has 2 heterocycles. The van der Waals surface area contributed by atoms with E-state index in [9.17, 15) is 9.59 Å². The third kappa shape index (κ3) is 3.27. The Kier molecular flexibility index (Phi) is 4.44. The number of hydrogen-bond acceptors (Lipinski definition) is 6. The van der Waals surface area contributed by atoms with Crippen LogP contribution in [0, 0.1) is 0 Å². The lowest BCUT2D eigenvalue weighted by molar-refractivity contribution is 0.0600. The number of fused-ring (bicyclic) bond motifs is 1. The van der Waals surface area contributed by atoms with Crippen LogP contribution in [-0.4, -0.2) is 35.6 Å². The summed E-state index contributed by atoms with van der Waals surface area (Å²) in [6.45, 7) is 0.197. The van der Waals surface area contributed by atoms with E-state index in [1.807, 2.05) is 18.2 Å². The van der Waals surface area contributed by atoms with Gasteiger partial charge in [-0.1, -0.05) is 6.07 Å². The van der Waals surface area contributed by atoms with Crippen LogP contribution in [0.2, 0.25) is 0 Å². The first-order valence-corrected chi connectivity index (χ1v) is 8.49. The Morgan fingerprint density at radius 3 is 2.75 bits per heavy atom. The number of anilines is 1. The van der Waals surface area contributed by atoms with E-state index < -0.39 is 5.97 Å². The second-order valence-electron chi connectivity index (χ2n) is 6.13. The Labute approximate surface area is 160 Å². The molecule has 8 nitrogen and oxygen atoms in total. The molecule has 4 rings (SSSR count). The molecule has 0 fully saturated rings. The lowest BCUT2D eigenvalue weighted by atomic mass is 10.1. The highest BCUT2D eigenvalue weighted by molar-refractivity contribution is 6.04. The van der Waals surface area contributed by atoms with Crippen molar-refractivity contribution in [2.75, 3.05) is 19.2 Å². The summed E-state index contributed by atoms with van der Waals surface area (Å²) in [5.41, 5.74) is 2.68. The monoisotopic (exact) mass is 379 g/mol. The van der Waals surface area contributed by atoms with Crippen molar-refractivity contribution in [2.24, 2.45) is 7.05 Å². The van der Waals surface area contributed by atoms with E-state index in [1.165, 1.54) is 7.11 Å². The van der Waals surface area contributed by atoms with E-state index in [0.717, 1.165) is 11.3 Å². The van der Waals surface area contributed by atoms with Gasteiger partial charge in [0.2, 0.25) is 6.79 Å². The number of benzene rings is 2. The highest BCUT2D eigenvalue weighted by Crippen LogP contribution is 2.35. The number of nitrogens with one attached hydrogen (secondary N) is 1. The average molecular weight is 379 g/mol. The van der Waals surface area contributed by atoms with Crippen LogP contribution in [0.4, 0.5) is 5.69 Å². The van der Waals surface area contributed by atoms with Gasteiger partial charge in [-0.15, -0.1) is 0 Å². The maximum Gasteiger partial charge on any atom is 0.337 e. The molecule has 0 radical (unpaired) electrons. The molecule has 1 aromatic heterocycles. The fraction of sp³-hybridized carbons (Fsp3) is 0.150. The van der Waals surface area contributed by atoms with E-state index in [0.29, 0.717) is 22.7 Å². The summed E-state index contributed by atoms with van der Waals surface area (Å²) in [7, 11) is 3.06. The number of hydrogen-bond donors (Lipinski definition) is 1. The summed E-state index contributed by atoms with van der Waals surface area (Å²) >= 11 is 0. The molecular formula is C20H17N3O5. The predicted octanol–water partition coefficient (Wildman–Crippen LogP) is 2.85. The Morgan fingerprint density at radius 2 is 1.93 bits per heavy atom. The van der Waals surface area contributed by atoms with Gasteiger partial charge in [0.05, 0.1) is 18.4 Å². The molecule has 8 heteroatoms. The van der Waals surface area contributed by atoms with Crippen LogP contribution < -0.4 is 14.8 Å². The SMILES string of the molecule is COC(=O)c1cccc(NC(=O)c2cc(-c3ccc4c(c3)OCO4)n(C)n2)c1. The molecule has 1 aliphatic rings. The first-order chi connectivity index (χ1) is 13.5. The third-order valence-corrected chi connectivity index (χ3v) is 4.32. The second kappa shape index (κ2) is 7.07. The van der Waals surface area contributed by atoms with Crippen molar-refractivity contribution in [1.82, 2.24) is 9.78 Å². The molecule has 0 aliphatic carbocycles. The zero-order chi connectivity index (χ0) is 19.7. The maximum atomic E-state index is 12.6. The number of amides is 1. The van der Waals surface area contributed by atoms with Gasteiger partial charge in [-0.05, 0) is 42.5 Å². The van der Waals surface area contributed by atoms with Crippen LogP contribution in [0.25, 0.3) is 11.3 Å². The first kappa shape index (κ1) is 17.6. The molecule has 1 amide bonds. The quantitative estimate of drug-likeness (QED) is 0.701. The molecule has 0 bridgehead atoms. The number of carbonyl (C=O) groups is 2. The summed E-state index contributed by atoms with van der Waals surface area (Å²) in [6.07, 6.45) is 0. The van der Waals surface area contributed by atoms with Gasteiger partial charge in [-0.25, -0.2) is 4.79 Å². The zero-order valence-corrected chi connectivity index (χ0v) is 15.3. The Balaban J connectivity index is 1.56. The van der Waals surface area contributed by atoms with Crippen LogP contribution in [0.15, 0.2) is 48.5 Å². The van der Waals surface area contributed by atoms with E-state index in [-0.39, 0.29) is 18.4 Å². The fourth-order valence-corrected chi connectivity index (χ4v) is 2.94. The number of ether oxygens (including phenoxy) is 3. The van der Waals surface area contributed by atoms with Crippen molar-refractivity contribution in [3.63, 3.8) is 0 Å². The van der Waals surface area contributed by atoms with Gasteiger partial charge in [0.15, 0.2) is 17.2 Å². The fourth-order valence-electron chi connectivity index (χ4n) is 2.94. The molecule has 0 spiro atoms. The Morgan fingerprint density at radius 1 is 1.11 bits per heavy atom. The highest BCUT2D eigenvalue weighted by Gasteiger charge is 2.18. The van der Waals surface area contributed by atoms with Crippen LogP contribution in [0.1, 0.15) is 20.8 Å². The number of rotatable bonds is 4. The minimum Gasteiger partial charge on any atom is -0.465 e. The summed E-state index contributed by atoms with van der Waals surface area (Å²) in [5.74, 6) is 0.488. The predicted molar refractivity (Wildman–Crippen MR) is 101 cm³/mol. The van der Waals surface area contributed by atoms with Gasteiger partial charge >= 0.3 is 5.97 Å². The van der Waals surface area contributed by atoms with Crippen molar-refractivity contribution in [2.45, 2.75) is 0 Å². The van der Waals surface area contributed by atoms with Gasteiger partial charge in [0, 0.05) is 18.3 Å². The van der Waals surface area contributed by atoms with Gasteiger partial charge < -0.3 is 19.5 Å². The molecule has 2 aromatic carbocycles. The Bertz CT molecular complexity index is 1070. The molecule has 0 saturated carbocycles. The van der Waals surface area contributed by atoms with E-state index >= 15 is 0 Å². The van der Waals surface area contributed by atoms with E-state index in [2.05, 4.69) is 10.4 Å². The molecule has 142 valence electrons. The van der Waals surface area contributed by atoms with Gasteiger partial charge in [-0.2, -0.15) is 5.10 Å². The minimum absolute atomic E-state index is 0.197. The zero-order valence-electron chi connectivity index (χ0n) is 15.3. The number of aryl methyl sites for hydroxylation is 1. The van der Waals surface area contributed by atoms with Crippen LogP contribution in [0.3, 0.4) is 0 Å². The number of esters is 1. The lowest BCUT2D eigenvalue weighted by Gasteiger charge is -2.05. The normalized spacial score (nSPS) is 11.9. The largest absolute Gasteiger partial charge is 0.465 e. The number of carbonyl (C=O) groups excluding carboxylic acids is 2. The van der Waals surface area contributed by atoms with Gasteiger partial charge in [-0.3, -0.25) is 9.48 Å². The molecule has 1 aliphatic heterocycles. The van der Waals surface area contributed by atoms with Crippen LogP contribution in [-0.2, 0) is 11.8 Å². The van der Waals surface area contributed by atoms with Gasteiger partial charge in [0.25, 0.3) is 5.91 Å². The molecule has 28 heavy (non-hydrogen) atoms. The first-order valence-electron chi connectivity index (χ1n) is 8.49. The van der Waals surface area contributed by atoms with E-state index in [4.69, 9.17) is 14.2 Å². The molecule has 1 N–H and O–H groups in total.